The second-order valence-electron chi connectivity index (χ2n) is 6.51. The van der Waals surface area contributed by atoms with Gasteiger partial charge >= 0.3 is 12.4 Å². The average molecular weight is 407 g/mol. The van der Waals surface area contributed by atoms with Gasteiger partial charge in [-0.2, -0.15) is 26.3 Å². The van der Waals surface area contributed by atoms with Crippen LogP contribution in [0.2, 0.25) is 0 Å². The summed E-state index contributed by atoms with van der Waals surface area (Å²) in [5.41, 5.74) is -1.94. The molecule has 1 atom stereocenters. The summed E-state index contributed by atoms with van der Waals surface area (Å²) in [5.74, 6) is -0.591. The normalized spacial score (nSPS) is 18.0. The monoisotopic (exact) mass is 407 g/mol. The Hall–Kier alpha value is -2.36. The Labute approximate surface area is 156 Å². The molecular weight excluding hydrogens is 391 g/mol. The van der Waals surface area contributed by atoms with E-state index in [1.807, 2.05) is 0 Å². The molecule has 1 saturated heterocycles. The van der Waals surface area contributed by atoms with Crippen LogP contribution in [-0.2, 0) is 18.9 Å². The second-order valence-corrected chi connectivity index (χ2v) is 6.51. The molecule has 1 aromatic heterocycles. The van der Waals surface area contributed by atoms with Crippen molar-refractivity contribution >= 4 is 5.82 Å². The predicted molar refractivity (Wildman–Crippen MR) is 88.1 cm³/mol. The highest BCUT2D eigenvalue weighted by Gasteiger charge is 2.34. The van der Waals surface area contributed by atoms with Crippen LogP contribution in [0.1, 0.15) is 23.1 Å². The van der Waals surface area contributed by atoms with Gasteiger partial charge in [-0.15, -0.1) is 0 Å². The number of rotatable bonds is 4. The van der Waals surface area contributed by atoms with Crippen molar-refractivity contribution in [2.45, 2.75) is 31.4 Å². The number of halogens is 7. The maximum absolute atomic E-state index is 13.2. The number of hydrogen-bond donors (Lipinski definition) is 1. The van der Waals surface area contributed by atoms with Crippen LogP contribution in [0.3, 0.4) is 0 Å². The molecule has 1 aliphatic heterocycles. The number of anilines is 1. The molecule has 2 aromatic rings. The molecule has 0 saturated carbocycles. The summed E-state index contributed by atoms with van der Waals surface area (Å²) in [7, 11) is 0. The third-order valence-corrected chi connectivity index (χ3v) is 4.55. The maximum atomic E-state index is 13.2. The van der Waals surface area contributed by atoms with Crippen molar-refractivity contribution in [3.63, 3.8) is 0 Å². The summed E-state index contributed by atoms with van der Waals surface area (Å²) in [4.78, 5) is 5.58. The third kappa shape index (κ3) is 4.73. The van der Waals surface area contributed by atoms with Crippen LogP contribution < -0.4 is 10.2 Å². The third-order valence-electron chi connectivity index (χ3n) is 4.55. The summed E-state index contributed by atoms with van der Waals surface area (Å²) >= 11 is 0. The molecule has 152 valence electrons. The van der Waals surface area contributed by atoms with E-state index in [4.69, 9.17) is 0 Å². The van der Waals surface area contributed by atoms with Crippen LogP contribution in [0, 0.1) is 5.82 Å². The van der Waals surface area contributed by atoms with Crippen molar-refractivity contribution < 1.29 is 30.7 Å². The van der Waals surface area contributed by atoms with Crippen molar-refractivity contribution in [1.29, 1.82) is 0 Å². The SMILES string of the molecule is Fc1ccc(CNC2CCN(c3ccc(C(F)(F)F)cn3)C2)c(C(F)(F)F)c1. The standard InChI is InChI=1S/C18H16F7N3/c19-13-3-1-11(15(7-13)18(23,24)25)8-26-14-5-6-28(10-14)16-4-2-12(9-27-16)17(20,21)22/h1-4,7,9,14,26H,5-6,8,10H2. The largest absolute Gasteiger partial charge is 0.417 e. The highest BCUT2D eigenvalue weighted by Crippen LogP contribution is 2.33. The molecule has 0 spiro atoms. The molecule has 10 heteroatoms. The first-order valence-electron chi connectivity index (χ1n) is 8.41. The molecule has 2 heterocycles. The van der Waals surface area contributed by atoms with E-state index < -0.39 is 29.3 Å². The molecular formula is C18H16F7N3. The summed E-state index contributed by atoms with van der Waals surface area (Å²) in [6, 6.07) is 4.57. The Kier molecular flexibility index (Phi) is 5.51. The summed E-state index contributed by atoms with van der Waals surface area (Å²) < 4.78 is 90.1. The molecule has 1 N–H and O–H groups in total. The molecule has 1 fully saturated rings. The van der Waals surface area contributed by atoms with Gasteiger partial charge in [0, 0.05) is 31.9 Å². The number of pyridine rings is 1. The zero-order valence-electron chi connectivity index (χ0n) is 14.4. The van der Waals surface area contributed by atoms with Crippen LogP contribution in [0.5, 0.6) is 0 Å². The summed E-state index contributed by atoms with van der Waals surface area (Å²) in [6.07, 6.45) is -7.79. The number of benzene rings is 1. The molecule has 1 aromatic carbocycles. The van der Waals surface area contributed by atoms with Gasteiger partial charge in [0.05, 0.1) is 11.1 Å². The van der Waals surface area contributed by atoms with Gasteiger partial charge in [-0.3, -0.25) is 0 Å². The first-order valence-corrected chi connectivity index (χ1v) is 8.41. The van der Waals surface area contributed by atoms with E-state index in [9.17, 15) is 30.7 Å². The number of nitrogens with one attached hydrogen (secondary N) is 1. The highest BCUT2D eigenvalue weighted by molar-refractivity contribution is 5.41. The van der Waals surface area contributed by atoms with Gasteiger partial charge in [0.15, 0.2) is 0 Å². The number of alkyl halides is 6. The van der Waals surface area contributed by atoms with Gasteiger partial charge in [-0.25, -0.2) is 9.37 Å². The molecule has 1 unspecified atom stereocenters. The van der Waals surface area contributed by atoms with E-state index in [0.29, 0.717) is 31.4 Å². The Balaban J connectivity index is 1.62. The smallest absolute Gasteiger partial charge is 0.355 e. The fraction of sp³-hybridized carbons (Fsp3) is 0.389. The second kappa shape index (κ2) is 7.57. The Bertz CT molecular complexity index is 815. The quantitative estimate of drug-likeness (QED) is 0.750. The molecule has 0 radical (unpaired) electrons. The van der Waals surface area contributed by atoms with Gasteiger partial charge < -0.3 is 10.2 Å². The lowest BCUT2D eigenvalue weighted by molar-refractivity contribution is -0.139. The zero-order valence-corrected chi connectivity index (χ0v) is 14.4. The van der Waals surface area contributed by atoms with Gasteiger partial charge in [0.25, 0.3) is 0 Å². The molecule has 1 aliphatic rings. The molecule has 0 aliphatic carbocycles. The van der Waals surface area contributed by atoms with Crippen molar-refractivity contribution in [2.24, 2.45) is 0 Å². The molecule has 0 amide bonds. The van der Waals surface area contributed by atoms with Gasteiger partial charge in [-0.1, -0.05) is 6.07 Å². The van der Waals surface area contributed by atoms with Crippen molar-refractivity contribution in [2.75, 3.05) is 18.0 Å². The van der Waals surface area contributed by atoms with E-state index in [1.165, 1.54) is 6.07 Å². The lowest BCUT2D eigenvalue weighted by atomic mass is 10.1. The Morgan fingerprint density at radius 3 is 2.39 bits per heavy atom. The minimum atomic E-state index is -4.66. The molecule has 28 heavy (non-hydrogen) atoms. The summed E-state index contributed by atoms with van der Waals surface area (Å²) in [6.45, 7) is 0.792. The fourth-order valence-corrected chi connectivity index (χ4v) is 3.10. The van der Waals surface area contributed by atoms with Crippen LogP contribution in [0.4, 0.5) is 36.6 Å². The zero-order chi connectivity index (χ0) is 20.5. The predicted octanol–water partition coefficient (Wildman–Crippen LogP) is 4.63. The van der Waals surface area contributed by atoms with Gasteiger partial charge in [-0.05, 0) is 36.2 Å². The highest BCUT2D eigenvalue weighted by atomic mass is 19.4. The van der Waals surface area contributed by atoms with Crippen LogP contribution >= 0.6 is 0 Å². The summed E-state index contributed by atoms with van der Waals surface area (Å²) in [5, 5.41) is 2.99. The van der Waals surface area contributed by atoms with Gasteiger partial charge in [0.1, 0.15) is 11.6 Å². The first-order chi connectivity index (χ1) is 13.0. The minimum absolute atomic E-state index is 0.0694. The van der Waals surface area contributed by atoms with Crippen molar-refractivity contribution in [3.05, 3.63) is 59.0 Å². The molecule has 0 bridgehead atoms. The van der Waals surface area contributed by atoms with E-state index in [2.05, 4.69) is 10.3 Å². The molecule has 3 rings (SSSR count). The number of nitrogens with zero attached hydrogens (tertiary/aromatic N) is 2. The van der Waals surface area contributed by atoms with E-state index in [-0.39, 0.29) is 18.2 Å². The van der Waals surface area contributed by atoms with E-state index in [0.717, 1.165) is 24.4 Å². The Morgan fingerprint density at radius 2 is 1.79 bits per heavy atom. The van der Waals surface area contributed by atoms with Crippen LogP contribution in [-0.4, -0.2) is 24.1 Å². The first kappa shape index (κ1) is 20.4. The molecule has 3 nitrogen and oxygen atoms in total. The number of aromatic nitrogens is 1. The average Bonchev–Trinajstić information content (AvgIpc) is 3.08. The lowest BCUT2D eigenvalue weighted by Crippen LogP contribution is -2.33. The Morgan fingerprint density at radius 1 is 1.04 bits per heavy atom. The van der Waals surface area contributed by atoms with Crippen molar-refractivity contribution in [3.8, 4) is 0 Å². The topological polar surface area (TPSA) is 28.2 Å². The van der Waals surface area contributed by atoms with Crippen molar-refractivity contribution in [1.82, 2.24) is 10.3 Å². The van der Waals surface area contributed by atoms with E-state index >= 15 is 0 Å². The fourth-order valence-electron chi connectivity index (χ4n) is 3.10. The number of hydrogen-bond acceptors (Lipinski definition) is 3. The van der Waals surface area contributed by atoms with Crippen LogP contribution in [0.15, 0.2) is 36.5 Å². The maximum Gasteiger partial charge on any atom is 0.417 e. The van der Waals surface area contributed by atoms with E-state index in [1.54, 1.807) is 4.90 Å². The van der Waals surface area contributed by atoms with Gasteiger partial charge in [0.2, 0.25) is 0 Å². The van der Waals surface area contributed by atoms with Crippen LogP contribution in [0.25, 0.3) is 0 Å². The lowest BCUT2D eigenvalue weighted by Gasteiger charge is -2.19. The minimum Gasteiger partial charge on any atom is -0.355 e.